The van der Waals surface area contributed by atoms with Crippen LogP contribution in [-0.2, 0) is 4.79 Å². The molecular formula is C13H15FN2O3. The molecule has 0 spiro atoms. The van der Waals surface area contributed by atoms with Gasteiger partial charge in [0, 0.05) is 18.7 Å². The molecule has 0 aliphatic carbocycles. The van der Waals surface area contributed by atoms with Crippen LogP contribution in [-0.4, -0.2) is 23.3 Å². The van der Waals surface area contributed by atoms with E-state index in [1.807, 2.05) is 0 Å². The topological polar surface area (TPSA) is 63.5 Å². The first-order valence-corrected chi connectivity index (χ1v) is 6.21. The summed E-state index contributed by atoms with van der Waals surface area (Å²) >= 11 is 0. The molecule has 2 rings (SSSR count). The first-order valence-electron chi connectivity index (χ1n) is 6.21. The van der Waals surface area contributed by atoms with Gasteiger partial charge in [-0.05, 0) is 32.3 Å². The number of Topliss-reactive ketones (excluding diaryl/α,β-unsaturated/α-hetero) is 1. The number of nitro groups is 1. The van der Waals surface area contributed by atoms with Crippen molar-refractivity contribution in [2.45, 2.75) is 32.2 Å². The summed E-state index contributed by atoms with van der Waals surface area (Å²) in [7, 11) is 0. The highest BCUT2D eigenvalue weighted by atomic mass is 19.1. The van der Waals surface area contributed by atoms with Gasteiger partial charge in [0.15, 0.2) is 5.78 Å². The van der Waals surface area contributed by atoms with Gasteiger partial charge in [0.2, 0.25) is 0 Å². The Morgan fingerprint density at radius 3 is 2.84 bits per heavy atom. The molecule has 1 aromatic carbocycles. The van der Waals surface area contributed by atoms with Crippen LogP contribution in [0.2, 0.25) is 0 Å². The van der Waals surface area contributed by atoms with Gasteiger partial charge in [0.25, 0.3) is 5.69 Å². The van der Waals surface area contributed by atoms with Crippen LogP contribution in [0.15, 0.2) is 18.2 Å². The van der Waals surface area contributed by atoms with Crippen molar-refractivity contribution in [1.82, 2.24) is 0 Å². The molecule has 0 amide bonds. The monoisotopic (exact) mass is 266 g/mol. The third-order valence-corrected chi connectivity index (χ3v) is 3.42. The Kier molecular flexibility index (Phi) is 3.78. The van der Waals surface area contributed by atoms with Crippen LogP contribution in [0.1, 0.15) is 26.2 Å². The van der Waals surface area contributed by atoms with Gasteiger partial charge in [0.05, 0.1) is 11.0 Å². The number of halogens is 1. The van der Waals surface area contributed by atoms with Gasteiger partial charge in [0.1, 0.15) is 11.5 Å². The summed E-state index contributed by atoms with van der Waals surface area (Å²) in [5, 5.41) is 11.0. The van der Waals surface area contributed by atoms with Crippen molar-refractivity contribution in [2.24, 2.45) is 0 Å². The maximum atomic E-state index is 13.4. The fourth-order valence-corrected chi connectivity index (χ4v) is 2.52. The summed E-state index contributed by atoms with van der Waals surface area (Å²) in [5.74, 6) is -0.577. The van der Waals surface area contributed by atoms with Crippen molar-refractivity contribution in [3.8, 4) is 0 Å². The van der Waals surface area contributed by atoms with E-state index >= 15 is 0 Å². The molecule has 0 aromatic heterocycles. The summed E-state index contributed by atoms with van der Waals surface area (Å²) in [6.45, 7) is 2.00. The number of carbonyl (C=O) groups is 1. The highest BCUT2D eigenvalue weighted by Crippen LogP contribution is 2.33. The van der Waals surface area contributed by atoms with E-state index in [9.17, 15) is 19.3 Å². The molecule has 102 valence electrons. The Labute approximate surface area is 110 Å². The summed E-state index contributed by atoms with van der Waals surface area (Å²) in [6.07, 6.45) is 2.41. The minimum Gasteiger partial charge on any atom is -0.356 e. The van der Waals surface area contributed by atoms with E-state index in [0.29, 0.717) is 13.0 Å². The average Bonchev–Trinajstić information content (AvgIpc) is 2.38. The molecule has 1 aliphatic heterocycles. The molecule has 6 heteroatoms. The molecule has 1 saturated heterocycles. The SMILES string of the molecule is CC(=O)C1CCCCN1c1cc(F)ccc1[N+](=O)[O-]. The van der Waals surface area contributed by atoms with Crippen molar-refractivity contribution < 1.29 is 14.1 Å². The van der Waals surface area contributed by atoms with Gasteiger partial charge in [-0.15, -0.1) is 0 Å². The van der Waals surface area contributed by atoms with Crippen LogP contribution in [0.4, 0.5) is 15.8 Å². The Hall–Kier alpha value is -1.98. The number of hydrogen-bond donors (Lipinski definition) is 0. The number of nitro benzene ring substituents is 1. The summed E-state index contributed by atoms with van der Waals surface area (Å²) < 4.78 is 13.4. The maximum Gasteiger partial charge on any atom is 0.292 e. The highest BCUT2D eigenvalue weighted by molar-refractivity contribution is 5.86. The number of nitrogens with zero attached hydrogens (tertiary/aromatic N) is 2. The first-order chi connectivity index (χ1) is 9.00. The molecule has 5 nitrogen and oxygen atoms in total. The number of benzene rings is 1. The lowest BCUT2D eigenvalue weighted by Crippen LogP contribution is -2.44. The predicted molar refractivity (Wildman–Crippen MR) is 68.7 cm³/mol. The van der Waals surface area contributed by atoms with Crippen LogP contribution in [0.3, 0.4) is 0 Å². The number of hydrogen-bond acceptors (Lipinski definition) is 4. The van der Waals surface area contributed by atoms with Crippen LogP contribution in [0.5, 0.6) is 0 Å². The standard InChI is InChI=1S/C13H15FN2O3/c1-9(17)11-4-2-3-7-15(11)13-8-10(14)5-6-12(13)16(18)19/h5-6,8,11H,2-4,7H2,1H3. The number of carbonyl (C=O) groups excluding carboxylic acids is 1. The second kappa shape index (κ2) is 5.34. The molecule has 0 saturated carbocycles. The number of rotatable bonds is 3. The van der Waals surface area contributed by atoms with E-state index in [0.717, 1.165) is 31.0 Å². The molecular weight excluding hydrogens is 251 g/mol. The largest absolute Gasteiger partial charge is 0.356 e. The van der Waals surface area contributed by atoms with Gasteiger partial charge < -0.3 is 4.90 Å². The van der Waals surface area contributed by atoms with E-state index in [1.165, 1.54) is 6.92 Å². The van der Waals surface area contributed by atoms with E-state index in [-0.39, 0.29) is 17.2 Å². The molecule has 1 atom stereocenters. The second-order valence-electron chi connectivity index (χ2n) is 4.71. The van der Waals surface area contributed by atoms with Crippen molar-refractivity contribution in [1.29, 1.82) is 0 Å². The molecule has 1 fully saturated rings. The molecule has 1 aromatic rings. The lowest BCUT2D eigenvalue weighted by Gasteiger charge is -2.35. The summed E-state index contributed by atoms with van der Waals surface area (Å²) in [5.41, 5.74) is 0.0412. The first kappa shape index (κ1) is 13.5. The zero-order valence-corrected chi connectivity index (χ0v) is 10.6. The third kappa shape index (κ3) is 2.72. The molecule has 0 bridgehead atoms. The predicted octanol–water partition coefficient (Wildman–Crippen LogP) is 2.68. The Balaban J connectivity index is 2.46. The smallest absolute Gasteiger partial charge is 0.292 e. The maximum absolute atomic E-state index is 13.4. The van der Waals surface area contributed by atoms with Crippen molar-refractivity contribution in [3.63, 3.8) is 0 Å². The van der Waals surface area contributed by atoms with Crippen LogP contribution in [0, 0.1) is 15.9 Å². The van der Waals surface area contributed by atoms with E-state index in [2.05, 4.69) is 0 Å². The van der Waals surface area contributed by atoms with Crippen LogP contribution in [0.25, 0.3) is 0 Å². The van der Waals surface area contributed by atoms with Crippen LogP contribution >= 0.6 is 0 Å². The van der Waals surface area contributed by atoms with Gasteiger partial charge in [-0.1, -0.05) is 0 Å². The van der Waals surface area contributed by atoms with Gasteiger partial charge >= 0.3 is 0 Å². The molecule has 1 heterocycles. The highest BCUT2D eigenvalue weighted by Gasteiger charge is 2.30. The Morgan fingerprint density at radius 2 is 2.21 bits per heavy atom. The van der Waals surface area contributed by atoms with E-state index in [1.54, 1.807) is 4.90 Å². The Morgan fingerprint density at radius 1 is 1.47 bits per heavy atom. The van der Waals surface area contributed by atoms with Crippen molar-refractivity contribution in [2.75, 3.05) is 11.4 Å². The normalized spacial score (nSPS) is 19.3. The third-order valence-electron chi connectivity index (χ3n) is 3.42. The molecule has 0 radical (unpaired) electrons. The quantitative estimate of drug-likeness (QED) is 0.623. The van der Waals surface area contributed by atoms with Gasteiger partial charge in [-0.2, -0.15) is 0 Å². The zero-order chi connectivity index (χ0) is 14.0. The summed E-state index contributed by atoms with van der Waals surface area (Å²) in [6, 6.07) is 2.96. The van der Waals surface area contributed by atoms with Crippen molar-refractivity contribution >= 4 is 17.2 Å². The molecule has 1 unspecified atom stereocenters. The fourth-order valence-electron chi connectivity index (χ4n) is 2.52. The Bertz CT molecular complexity index is 519. The fraction of sp³-hybridized carbons (Fsp3) is 0.462. The van der Waals surface area contributed by atoms with Crippen LogP contribution < -0.4 is 4.90 Å². The lowest BCUT2D eigenvalue weighted by atomic mass is 9.98. The zero-order valence-electron chi connectivity index (χ0n) is 10.6. The second-order valence-corrected chi connectivity index (χ2v) is 4.71. The number of piperidine rings is 1. The van der Waals surface area contributed by atoms with Gasteiger partial charge in [-0.3, -0.25) is 14.9 Å². The molecule has 1 aliphatic rings. The average molecular weight is 266 g/mol. The molecule has 19 heavy (non-hydrogen) atoms. The minimum absolute atomic E-state index is 0.0433. The number of ketones is 1. The van der Waals surface area contributed by atoms with E-state index in [4.69, 9.17) is 0 Å². The minimum atomic E-state index is -0.541. The lowest BCUT2D eigenvalue weighted by molar-refractivity contribution is -0.384. The van der Waals surface area contributed by atoms with Crippen molar-refractivity contribution in [3.05, 3.63) is 34.1 Å². The molecule has 0 N–H and O–H groups in total. The summed E-state index contributed by atoms with van der Waals surface area (Å²) in [4.78, 5) is 23.8. The van der Waals surface area contributed by atoms with E-state index < -0.39 is 16.8 Å². The number of anilines is 1. The van der Waals surface area contributed by atoms with Gasteiger partial charge in [-0.25, -0.2) is 4.39 Å².